The van der Waals surface area contributed by atoms with Gasteiger partial charge in [-0.15, -0.1) is 11.3 Å². The first-order valence-electron chi connectivity index (χ1n) is 7.55. The Morgan fingerprint density at radius 2 is 1.71 bits per heavy atom. The van der Waals surface area contributed by atoms with Gasteiger partial charge in [0.1, 0.15) is 0 Å². The molecule has 5 heteroatoms. The highest BCUT2D eigenvalue weighted by Crippen LogP contribution is 2.33. The van der Waals surface area contributed by atoms with E-state index in [4.69, 9.17) is 0 Å². The Hall–Kier alpha value is -2.63. The molecule has 122 valence electrons. The third-order valence-corrected chi connectivity index (χ3v) is 4.75. The molecule has 24 heavy (non-hydrogen) atoms. The fraction of sp³-hybridized carbons (Fsp3) is 0.105. The van der Waals surface area contributed by atoms with E-state index in [1.165, 1.54) is 11.3 Å². The molecule has 0 fully saturated rings. The molecule has 1 aromatic heterocycles. The van der Waals surface area contributed by atoms with Crippen LogP contribution in [0.25, 0.3) is 0 Å². The van der Waals surface area contributed by atoms with Gasteiger partial charge < -0.3 is 5.11 Å². The minimum atomic E-state index is -1.74. The minimum absolute atomic E-state index is 0.524. The molecule has 3 N–H and O–H groups in total. The Bertz CT molecular complexity index is 801. The third kappa shape index (κ3) is 3.18. The lowest BCUT2D eigenvalue weighted by Crippen LogP contribution is -2.47. The molecule has 1 atom stereocenters. The van der Waals surface area contributed by atoms with Crippen LogP contribution in [0.15, 0.2) is 72.1 Å². The summed E-state index contributed by atoms with van der Waals surface area (Å²) in [6, 6.07) is 20.1. The van der Waals surface area contributed by atoms with Crippen molar-refractivity contribution < 1.29 is 9.90 Å². The van der Waals surface area contributed by atoms with Gasteiger partial charge in [0.25, 0.3) is 5.91 Å². The SMILES string of the molecule is Cc1ccc(NNC(=O)[C@@](O)(c2ccccc2)c2cccs2)cc1. The van der Waals surface area contributed by atoms with Crippen molar-refractivity contribution in [2.24, 2.45) is 0 Å². The van der Waals surface area contributed by atoms with E-state index in [0.29, 0.717) is 10.4 Å². The van der Waals surface area contributed by atoms with Crippen LogP contribution < -0.4 is 10.9 Å². The molecule has 1 heterocycles. The maximum absolute atomic E-state index is 12.8. The fourth-order valence-corrected chi connectivity index (χ4v) is 3.25. The molecule has 4 nitrogen and oxygen atoms in total. The van der Waals surface area contributed by atoms with Gasteiger partial charge in [-0.3, -0.25) is 15.6 Å². The average Bonchev–Trinajstić information content (AvgIpc) is 3.16. The number of hydrogen-bond acceptors (Lipinski definition) is 4. The molecule has 0 aliphatic rings. The molecule has 0 radical (unpaired) electrons. The topological polar surface area (TPSA) is 61.4 Å². The number of amides is 1. The summed E-state index contributed by atoms with van der Waals surface area (Å²) in [6.07, 6.45) is 0. The van der Waals surface area contributed by atoms with E-state index in [1.54, 1.807) is 30.3 Å². The van der Waals surface area contributed by atoms with Gasteiger partial charge in [-0.2, -0.15) is 0 Å². The summed E-state index contributed by atoms with van der Waals surface area (Å²) in [5.74, 6) is -0.531. The van der Waals surface area contributed by atoms with Crippen LogP contribution in [0.1, 0.15) is 16.0 Å². The summed E-state index contributed by atoms with van der Waals surface area (Å²) < 4.78 is 0. The first-order valence-corrected chi connectivity index (χ1v) is 8.43. The zero-order valence-corrected chi connectivity index (χ0v) is 14.0. The van der Waals surface area contributed by atoms with E-state index in [1.807, 2.05) is 48.7 Å². The first kappa shape index (κ1) is 16.2. The highest BCUT2D eigenvalue weighted by Gasteiger charge is 2.41. The molecule has 0 saturated carbocycles. The van der Waals surface area contributed by atoms with Gasteiger partial charge in [-0.05, 0) is 36.1 Å². The quantitative estimate of drug-likeness (QED) is 0.625. The van der Waals surface area contributed by atoms with Crippen molar-refractivity contribution in [3.05, 3.63) is 88.1 Å². The van der Waals surface area contributed by atoms with Crippen molar-refractivity contribution in [1.29, 1.82) is 0 Å². The van der Waals surface area contributed by atoms with Crippen molar-refractivity contribution >= 4 is 22.9 Å². The molecule has 3 rings (SSSR count). The van der Waals surface area contributed by atoms with Crippen LogP contribution in [0.3, 0.4) is 0 Å². The van der Waals surface area contributed by atoms with Crippen molar-refractivity contribution in [1.82, 2.24) is 5.43 Å². The zero-order chi connectivity index (χ0) is 17.0. The number of hydrazine groups is 1. The third-order valence-electron chi connectivity index (χ3n) is 3.77. The van der Waals surface area contributed by atoms with Gasteiger partial charge in [0.2, 0.25) is 5.60 Å². The second kappa shape index (κ2) is 6.86. The number of hydrogen-bond donors (Lipinski definition) is 3. The van der Waals surface area contributed by atoms with Crippen LogP contribution in [-0.2, 0) is 10.4 Å². The molecule has 0 bridgehead atoms. The lowest BCUT2D eigenvalue weighted by atomic mass is 9.91. The van der Waals surface area contributed by atoms with Gasteiger partial charge in [0, 0.05) is 0 Å². The van der Waals surface area contributed by atoms with Crippen LogP contribution in [0, 0.1) is 6.92 Å². The Morgan fingerprint density at radius 1 is 1.00 bits per heavy atom. The van der Waals surface area contributed by atoms with E-state index in [2.05, 4.69) is 10.9 Å². The number of benzene rings is 2. The van der Waals surface area contributed by atoms with Crippen LogP contribution >= 0.6 is 11.3 Å². The van der Waals surface area contributed by atoms with E-state index >= 15 is 0 Å². The average molecular weight is 338 g/mol. The summed E-state index contributed by atoms with van der Waals surface area (Å²) in [5.41, 5.74) is 6.13. The number of anilines is 1. The lowest BCUT2D eigenvalue weighted by molar-refractivity contribution is -0.135. The van der Waals surface area contributed by atoms with Gasteiger partial charge in [0.15, 0.2) is 0 Å². The lowest BCUT2D eigenvalue weighted by Gasteiger charge is -2.26. The Labute approximate surface area is 144 Å². The highest BCUT2D eigenvalue weighted by atomic mass is 32.1. The second-order valence-electron chi connectivity index (χ2n) is 5.50. The summed E-state index contributed by atoms with van der Waals surface area (Å²) in [4.78, 5) is 13.4. The summed E-state index contributed by atoms with van der Waals surface area (Å²) >= 11 is 1.34. The molecule has 0 aliphatic carbocycles. The zero-order valence-electron chi connectivity index (χ0n) is 13.2. The molecular weight excluding hydrogens is 320 g/mol. The van der Waals surface area contributed by atoms with Crippen molar-refractivity contribution in [3.63, 3.8) is 0 Å². The molecule has 1 amide bonds. The fourth-order valence-electron chi connectivity index (χ4n) is 2.41. The van der Waals surface area contributed by atoms with E-state index in [9.17, 15) is 9.90 Å². The van der Waals surface area contributed by atoms with Gasteiger partial charge >= 0.3 is 0 Å². The predicted molar refractivity (Wildman–Crippen MR) is 96.7 cm³/mol. The smallest absolute Gasteiger partial charge is 0.280 e. The molecule has 0 aliphatic heterocycles. The largest absolute Gasteiger partial charge is 0.371 e. The first-order chi connectivity index (χ1) is 11.6. The Balaban J connectivity index is 1.86. The molecule has 0 saturated heterocycles. The standard InChI is InChI=1S/C19H18N2O2S/c1-14-9-11-16(12-10-14)20-21-18(22)19(23,17-8-5-13-24-17)15-6-3-2-4-7-15/h2-13,20,23H,1H3,(H,21,22)/t19-/m1/s1. The second-order valence-corrected chi connectivity index (χ2v) is 6.45. The van der Waals surface area contributed by atoms with Crippen molar-refractivity contribution in [2.45, 2.75) is 12.5 Å². The number of thiophene rings is 1. The molecule has 3 aromatic rings. The summed E-state index contributed by atoms with van der Waals surface area (Å²) in [6.45, 7) is 1.99. The van der Waals surface area contributed by atoms with Crippen molar-refractivity contribution in [3.8, 4) is 0 Å². The molecule has 2 aromatic carbocycles. The maximum atomic E-state index is 12.8. The summed E-state index contributed by atoms with van der Waals surface area (Å²) in [7, 11) is 0. The summed E-state index contributed by atoms with van der Waals surface area (Å²) in [5, 5.41) is 13.0. The van der Waals surface area contributed by atoms with Crippen LogP contribution in [0.5, 0.6) is 0 Å². The van der Waals surface area contributed by atoms with Crippen LogP contribution in [0.4, 0.5) is 5.69 Å². The number of aliphatic hydroxyl groups is 1. The number of aryl methyl sites for hydroxylation is 1. The number of rotatable bonds is 5. The Kier molecular flexibility index (Phi) is 4.64. The van der Waals surface area contributed by atoms with Gasteiger partial charge in [-0.1, -0.05) is 54.1 Å². The van der Waals surface area contributed by atoms with Crippen LogP contribution in [0.2, 0.25) is 0 Å². The van der Waals surface area contributed by atoms with E-state index in [-0.39, 0.29) is 0 Å². The molecule has 0 unspecified atom stereocenters. The highest BCUT2D eigenvalue weighted by molar-refractivity contribution is 7.10. The van der Waals surface area contributed by atoms with Gasteiger partial charge in [-0.25, -0.2) is 0 Å². The normalized spacial score (nSPS) is 13.1. The van der Waals surface area contributed by atoms with E-state index < -0.39 is 11.5 Å². The number of carbonyl (C=O) groups is 1. The Morgan fingerprint density at radius 3 is 2.33 bits per heavy atom. The predicted octanol–water partition coefficient (Wildman–Crippen LogP) is 3.44. The van der Waals surface area contributed by atoms with Gasteiger partial charge in [0.05, 0.1) is 10.6 Å². The molecule has 0 spiro atoms. The van der Waals surface area contributed by atoms with E-state index in [0.717, 1.165) is 11.3 Å². The maximum Gasteiger partial charge on any atom is 0.280 e. The number of carbonyl (C=O) groups excluding carboxylic acids is 1. The van der Waals surface area contributed by atoms with Crippen LogP contribution in [-0.4, -0.2) is 11.0 Å². The number of nitrogens with one attached hydrogen (secondary N) is 2. The monoisotopic (exact) mass is 338 g/mol. The molecular formula is C19H18N2O2S. The van der Waals surface area contributed by atoms with Crippen molar-refractivity contribution in [2.75, 3.05) is 5.43 Å². The minimum Gasteiger partial charge on any atom is -0.371 e.